The fraction of sp³-hybridized carbons (Fsp3) is 0.348. The van der Waals surface area contributed by atoms with Crippen LogP contribution >= 0.6 is 0 Å². The minimum atomic E-state index is -4.52. The molecule has 0 heterocycles. The van der Waals surface area contributed by atoms with Gasteiger partial charge in [-0.05, 0) is 62.7 Å². The van der Waals surface area contributed by atoms with Gasteiger partial charge in [-0.2, -0.15) is 13.2 Å². The minimum Gasteiger partial charge on any atom is -0.467 e. The number of amides is 1. The second kappa shape index (κ2) is 9.84. The van der Waals surface area contributed by atoms with Crippen LogP contribution in [0.15, 0.2) is 48.5 Å². The standard InChI is InChI=1S/C23H24F3NO5/c1-22(2,3)32-20(29)16-7-5-14(6-8-16)13-18(21(30)31-4)27-19(28)15-9-11-17(12-10-15)23(24,25)26/h5-12,18H,13H2,1-4H3,(H,27,28)/t18-/m0/s1. The Morgan fingerprint density at radius 2 is 1.44 bits per heavy atom. The molecule has 0 fully saturated rings. The Bertz CT molecular complexity index is 961. The number of alkyl halides is 3. The number of hydrogen-bond donors (Lipinski definition) is 1. The zero-order chi connectivity index (χ0) is 24.1. The van der Waals surface area contributed by atoms with E-state index >= 15 is 0 Å². The van der Waals surface area contributed by atoms with Crippen LogP contribution in [0.25, 0.3) is 0 Å². The Kier molecular flexibility index (Phi) is 7.66. The summed E-state index contributed by atoms with van der Waals surface area (Å²) in [4.78, 5) is 36.7. The molecular formula is C23H24F3NO5. The molecule has 0 saturated heterocycles. The van der Waals surface area contributed by atoms with Crippen LogP contribution in [0, 0.1) is 0 Å². The van der Waals surface area contributed by atoms with E-state index in [0.717, 1.165) is 31.4 Å². The van der Waals surface area contributed by atoms with Crippen molar-refractivity contribution in [1.29, 1.82) is 0 Å². The summed E-state index contributed by atoms with van der Waals surface area (Å²) in [5.41, 5.74) is -0.614. The summed E-state index contributed by atoms with van der Waals surface area (Å²) in [7, 11) is 1.16. The lowest BCUT2D eigenvalue weighted by Gasteiger charge is -2.20. The zero-order valence-corrected chi connectivity index (χ0v) is 18.1. The van der Waals surface area contributed by atoms with Gasteiger partial charge in [-0.3, -0.25) is 4.79 Å². The maximum Gasteiger partial charge on any atom is 0.416 e. The van der Waals surface area contributed by atoms with Gasteiger partial charge in [0.15, 0.2) is 0 Å². The average molecular weight is 451 g/mol. The van der Waals surface area contributed by atoms with Gasteiger partial charge in [0, 0.05) is 12.0 Å². The molecule has 0 spiro atoms. The Balaban J connectivity index is 2.11. The summed E-state index contributed by atoms with van der Waals surface area (Å²) in [6.07, 6.45) is -4.47. The summed E-state index contributed by atoms with van der Waals surface area (Å²) >= 11 is 0. The topological polar surface area (TPSA) is 81.7 Å². The van der Waals surface area contributed by atoms with Gasteiger partial charge in [0.1, 0.15) is 11.6 Å². The van der Waals surface area contributed by atoms with Crippen LogP contribution < -0.4 is 5.32 Å². The third-order valence-electron chi connectivity index (χ3n) is 4.29. The van der Waals surface area contributed by atoms with Gasteiger partial charge in [0.2, 0.25) is 0 Å². The summed E-state index contributed by atoms with van der Waals surface area (Å²) < 4.78 is 48.1. The monoisotopic (exact) mass is 451 g/mol. The molecule has 0 saturated carbocycles. The Labute approximate surface area is 183 Å². The van der Waals surface area contributed by atoms with E-state index in [-0.39, 0.29) is 12.0 Å². The molecule has 172 valence electrons. The van der Waals surface area contributed by atoms with E-state index in [1.165, 1.54) is 12.1 Å². The van der Waals surface area contributed by atoms with Gasteiger partial charge >= 0.3 is 18.1 Å². The van der Waals surface area contributed by atoms with Crippen molar-refractivity contribution in [3.8, 4) is 0 Å². The number of halogens is 3. The third-order valence-corrected chi connectivity index (χ3v) is 4.29. The van der Waals surface area contributed by atoms with Crippen LogP contribution in [0.1, 0.15) is 52.6 Å². The molecule has 1 amide bonds. The van der Waals surface area contributed by atoms with Crippen molar-refractivity contribution in [1.82, 2.24) is 5.32 Å². The molecule has 0 bridgehead atoms. The molecule has 2 rings (SSSR count). The Morgan fingerprint density at radius 1 is 0.906 bits per heavy atom. The van der Waals surface area contributed by atoms with E-state index < -0.39 is 41.2 Å². The largest absolute Gasteiger partial charge is 0.467 e. The number of rotatable bonds is 6. The molecule has 1 atom stereocenters. The first kappa shape index (κ1) is 24.9. The molecule has 9 heteroatoms. The molecule has 0 aromatic heterocycles. The van der Waals surface area contributed by atoms with Crippen LogP contribution in [-0.4, -0.2) is 36.6 Å². The van der Waals surface area contributed by atoms with Gasteiger partial charge in [0.25, 0.3) is 5.91 Å². The van der Waals surface area contributed by atoms with Crippen LogP contribution in [0.5, 0.6) is 0 Å². The van der Waals surface area contributed by atoms with Gasteiger partial charge < -0.3 is 14.8 Å². The van der Waals surface area contributed by atoms with Gasteiger partial charge in [-0.25, -0.2) is 9.59 Å². The predicted octanol–water partition coefficient (Wildman–Crippen LogP) is 4.17. The molecule has 1 N–H and O–H groups in total. The SMILES string of the molecule is COC(=O)[C@H](Cc1ccc(C(=O)OC(C)(C)C)cc1)NC(=O)c1ccc(C(F)(F)F)cc1. The molecule has 0 unspecified atom stereocenters. The highest BCUT2D eigenvalue weighted by Gasteiger charge is 2.30. The molecular weight excluding hydrogens is 427 g/mol. The van der Waals surface area contributed by atoms with Gasteiger partial charge in [0.05, 0.1) is 18.2 Å². The number of hydrogen-bond acceptors (Lipinski definition) is 5. The van der Waals surface area contributed by atoms with Crippen LogP contribution in [0.4, 0.5) is 13.2 Å². The maximum absolute atomic E-state index is 12.7. The number of nitrogens with one attached hydrogen (secondary N) is 1. The van der Waals surface area contributed by atoms with Crippen molar-refractivity contribution < 1.29 is 37.0 Å². The van der Waals surface area contributed by atoms with Crippen LogP contribution in [0.2, 0.25) is 0 Å². The molecule has 32 heavy (non-hydrogen) atoms. The minimum absolute atomic E-state index is 0.0350. The maximum atomic E-state index is 12.7. The van der Waals surface area contributed by atoms with Crippen molar-refractivity contribution in [2.45, 2.75) is 45.0 Å². The number of carbonyl (C=O) groups excluding carboxylic acids is 3. The Morgan fingerprint density at radius 3 is 1.91 bits per heavy atom. The first-order valence-corrected chi connectivity index (χ1v) is 9.68. The fourth-order valence-corrected chi connectivity index (χ4v) is 2.74. The van der Waals surface area contributed by atoms with Crippen molar-refractivity contribution in [3.05, 3.63) is 70.8 Å². The highest BCUT2D eigenvalue weighted by molar-refractivity contribution is 5.97. The number of esters is 2. The molecule has 0 radical (unpaired) electrons. The molecule has 0 aliphatic heterocycles. The smallest absolute Gasteiger partial charge is 0.416 e. The molecule has 2 aromatic carbocycles. The fourth-order valence-electron chi connectivity index (χ4n) is 2.74. The van der Waals surface area contributed by atoms with Gasteiger partial charge in [-0.1, -0.05) is 12.1 Å². The zero-order valence-electron chi connectivity index (χ0n) is 18.1. The summed E-state index contributed by atoms with van der Waals surface area (Å²) in [6, 6.07) is 8.85. The lowest BCUT2D eigenvalue weighted by atomic mass is 10.0. The molecule has 0 aliphatic rings. The number of benzene rings is 2. The predicted molar refractivity (Wildman–Crippen MR) is 110 cm³/mol. The lowest BCUT2D eigenvalue weighted by molar-refractivity contribution is -0.142. The molecule has 2 aromatic rings. The second-order valence-corrected chi connectivity index (χ2v) is 8.03. The van der Waals surface area contributed by atoms with Crippen LogP contribution in [-0.2, 0) is 26.9 Å². The van der Waals surface area contributed by atoms with E-state index in [2.05, 4.69) is 5.32 Å². The number of ether oxygens (including phenoxy) is 2. The van der Waals surface area contributed by atoms with E-state index in [4.69, 9.17) is 9.47 Å². The van der Waals surface area contributed by atoms with Crippen molar-refractivity contribution in [2.24, 2.45) is 0 Å². The van der Waals surface area contributed by atoms with E-state index in [1.807, 2.05) is 0 Å². The molecule has 0 aliphatic carbocycles. The quantitative estimate of drug-likeness (QED) is 0.667. The summed E-state index contributed by atoms with van der Waals surface area (Å²) in [6.45, 7) is 5.25. The number of carbonyl (C=O) groups is 3. The summed E-state index contributed by atoms with van der Waals surface area (Å²) in [5, 5.41) is 2.47. The first-order chi connectivity index (χ1) is 14.8. The highest BCUT2D eigenvalue weighted by atomic mass is 19.4. The molecule has 6 nitrogen and oxygen atoms in total. The normalized spacial score (nSPS) is 12.6. The van der Waals surface area contributed by atoms with E-state index in [0.29, 0.717) is 11.1 Å². The van der Waals surface area contributed by atoms with Crippen LogP contribution in [0.3, 0.4) is 0 Å². The highest BCUT2D eigenvalue weighted by Crippen LogP contribution is 2.29. The van der Waals surface area contributed by atoms with Crippen molar-refractivity contribution >= 4 is 17.8 Å². The third kappa shape index (κ3) is 7.11. The lowest BCUT2D eigenvalue weighted by Crippen LogP contribution is -2.43. The van der Waals surface area contributed by atoms with Gasteiger partial charge in [-0.15, -0.1) is 0 Å². The van der Waals surface area contributed by atoms with Crippen molar-refractivity contribution in [2.75, 3.05) is 7.11 Å². The second-order valence-electron chi connectivity index (χ2n) is 8.03. The first-order valence-electron chi connectivity index (χ1n) is 9.68. The summed E-state index contributed by atoms with van der Waals surface area (Å²) in [5.74, 6) is -1.94. The van der Waals surface area contributed by atoms with Crippen molar-refractivity contribution in [3.63, 3.8) is 0 Å². The average Bonchev–Trinajstić information content (AvgIpc) is 2.71. The number of methoxy groups -OCH3 is 1. The Hall–Kier alpha value is -3.36. The van der Waals surface area contributed by atoms with E-state index in [9.17, 15) is 27.6 Å². The van der Waals surface area contributed by atoms with E-state index in [1.54, 1.807) is 32.9 Å².